The Labute approximate surface area is 116 Å². The number of rotatable bonds is 4. The molecule has 0 atom stereocenters. The number of ether oxygens (including phenoxy) is 1. The van der Waals surface area contributed by atoms with E-state index in [0.717, 1.165) is 0 Å². The summed E-state index contributed by atoms with van der Waals surface area (Å²) >= 11 is 5.94. The molecule has 0 fully saturated rings. The molecular formula is C13H16ClNO4. The van der Waals surface area contributed by atoms with Crippen LogP contribution in [0.2, 0.25) is 5.02 Å². The standard InChI is InChI=1S/C13H16ClNO4/c1-13(2,3)12(18)15-8-4-5-10(9(14)6-8)19-7-11(16)17/h4-6H,7H2,1-3H3,(H,15,18)(H,16,17). The van der Waals surface area contributed by atoms with Gasteiger partial charge in [-0.05, 0) is 18.2 Å². The smallest absolute Gasteiger partial charge is 0.341 e. The van der Waals surface area contributed by atoms with Crippen molar-refractivity contribution in [1.82, 2.24) is 0 Å². The molecule has 6 heteroatoms. The van der Waals surface area contributed by atoms with E-state index in [1.807, 2.05) is 0 Å². The van der Waals surface area contributed by atoms with Gasteiger partial charge in [-0.3, -0.25) is 4.79 Å². The molecule has 1 aromatic rings. The lowest BCUT2D eigenvalue weighted by atomic mass is 9.95. The van der Waals surface area contributed by atoms with Gasteiger partial charge in [-0.2, -0.15) is 0 Å². The molecule has 104 valence electrons. The first kappa shape index (κ1) is 15.3. The maximum absolute atomic E-state index is 11.8. The molecule has 0 saturated heterocycles. The highest BCUT2D eigenvalue weighted by atomic mass is 35.5. The summed E-state index contributed by atoms with van der Waals surface area (Å²) in [5.74, 6) is -0.957. The molecule has 0 aliphatic carbocycles. The van der Waals surface area contributed by atoms with Crippen molar-refractivity contribution in [2.45, 2.75) is 20.8 Å². The molecule has 0 aliphatic rings. The number of anilines is 1. The molecule has 0 aliphatic heterocycles. The van der Waals surface area contributed by atoms with Crippen LogP contribution < -0.4 is 10.1 Å². The van der Waals surface area contributed by atoms with E-state index >= 15 is 0 Å². The normalized spacial score (nSPS) is 10.9. The fourth-order valence-corrected chi connectivity index (χ4v) is 1.39. The highest BCUT2D eigenvalue weighted by Gasteiger charge is 2.21. The van der Waals surface area contributed by atoms with Crippen molar-refractivity contribution in [2.24, 2.45) is 5.41 Å². The van der Waals surface area contributed by atoms with E-state index in [-0.39, 0.29) is 16.7 Å². The highest BCUT2D eigenvalue weighted by Crippen LogP contribution is 2.28. The molecule has 0 aromatic heterocycles. The first-order valence-electron chi connectivity index (χ1n) is 5.66. The Morgan fingerprint density at radius 3 is 2.47 bits per heavy atom. The van der Waals surface area contributed by atoms with E-state index in [9.17, 15) is 9.59 Å². The number of benzene rings is 1. The SMILES string of the molecule is CC(C)(C)C(=O)Nc1ccc(OCC(=O)O)c(Cl)c1. The van der Waals surface area contributed by atoms with Gasteiger partial charge in [0.15, 0.2) is 6.61 Å². The monoisotopic (exact) mass is 285 g/mol. The summed E-state index contributed by atoms with van der Waals surface area (Å²) in [6.07, 6.45) is 0. The summed E-state index contributed by atoms with van der Waals surface area (Å²) in [5.41, 5.74) is 0.0258. The molecule has 1 amide bonds. The second-order valence-corrected chi connectivity index (χ2v) is 5.44. The van der Waals surface area contributed by atoms with Crippen molar-refractivity contribution >= 4 is 29.2 Å². The number of aliphatic carboxylic acids is 1. The molecular weight excluding hydrogens is 270 g/mol. The third-order valence-corrected chi connectivity index (χ3v) is 2.52. The van der Waals surface area contributed by atoms with Crippen molar-refractivity contribution in [3.63, 3.8) is 0 Å². The van der Waals surface area contributed by atoms with E-state index in [1.165, 1.54) is 12.1 Å². The zero-order valence-electron chi connectivity index (χ0n) is 11.0. The van der Waals surface area contributed by atoms with Crippen molar-refractivity contribution in [3.05, 3.63) is 23.2 Å². The summed E-state index contributed by atoms with van der Waals surface area (Å²) in [6, 6.07) is 4.64. The van der Waals surface area contributed by atoms with Crippen LogP contribution in [0.15, 0.2) is 18.2 Å². The minimum Gasteiger partial charge on any atom is -0.480 e. The lowest BCUT2D eigenvalue weighted by molar-refractivity contribution is -0.139. The Hall–Kier alpha value is -1.75. The maximum Gasteiger partial charge on any atom is 0.341 e. The van der Waals surface area contributed by atoms with Gasteiger partial charge in [-0.1, -0.05) is 32.4 Å². The quantitative estimate of drug-likeness (QED) is 0.892. The minimum absolute atomic E-state index is 0.136. The number of carboxylic acid groups (broad SMARTS) is 1. The lowest BCUT2D eigenvalue weighted by Crippen LogP contribution is -2.27. The van der Waals surface area contributed by atoms with Crippen LogP contribution in [0.4, 0.5) is 5.69 Å². The molecule has 0 spiro atoms. The Bertz CT molecular complexity index is 494. The number of nitrogens with one attached hydrogen (secondary N) is 1. The molecule has 0 saturated carbocycles. The van der Waals surface area contributed by atoms with Gasteiger partial charge in [0, 0.05) is 11.1 Å². The molecule has 19 heavy (non-hydrogen) atoms. The van der Waals surface area contributed by atoms with Gasteiger partial charge in [-0.15, -0.1) is 0 Å². The summed E-state index contributed by atoms with van der Waals surface area (Å²) in [7, 11) is 0. The maximum atomic E-state index is 11.8. The summed E-state index contributed by atoms with van der Waals surface area (Å²) in [6.45, 7) is 4.93. The summed E-state index contributed by atoms with van der Waals surface area (Å²) < 4.78 is 4.98. The zero-order chi connectivity index (χ0) is 14.6. The fraction of sp³-hybridized carbons (Fsp3) is 0.385. The van der Waals surface area contributed by atoms with Crippen LogP contribution in [0, 0.1) is 5.41 Å². The van der Waals surface area contributed by atoms with Gasteiger partial charge in [0.1, 0.15) is 5.75 Å². The first-order valence-corrected chi connectivity index (χ1v) is 6.03. The minimum atomic E-state index is -1.08. The lowest BCUT2D eigenvalue weighted by Gasteiger charge is -2.18. The molecule has 0 radical (unpaired) electrons. The molecule has 0 bridgehead atoms. The zero-order valence-corrected chi connectivity index (χ0v) is 11.7. The molecule has 1 aromatic carbocycles. The second kappa shape index (κ2) is 5.93. The van der Waals surface area contributed by atoms with Gasteiger partial charge in [0.2, 0.25) is 5.91 Å². The van der Waals surface area contributed by atoms with E-state index in [0.29, 0.717) is 5.69 Å². The van der Waals surface area contributed by atoms with Gasteiger partial charge in [0.05, 0.1) is 5.02 Å². The van der Waals surface area contributed by atoms with Crippen molar-refractivity contribution in [2.75, 3.05) is 11.9 Å². The second-order valence-electron chi connectivity index (χ2n) is 5.03. The average molecular weight is 286 g/mol. The highest BCUT2D eigenvalue weighted by molar-refractivity contribution is 6.32. The van der Waals surface area contributed by atoms with Gasteiger partial charge < -0.3 is 15.2 Å². The van der Waals surface area contributed by atoms with E-state index < -0.39 is 18.0 Å². The van der Waals surface area contributed by atoms with Gasteiger partial charge in [0.25, 0.3) is 0 Å². The third kappa shape index (κ3) is 4.79. The van der Waals surface area contributed by atoms with Crippen LogP contribution in [0.25, 0.3) is 0 Å². The number of hydrogen-bond acceptors (Lipinski definition) is 3. The first-order chi connectivity index (χ1) is 8.70. The summed E-state index contributed by atoms with van der Waals surface area (Å²) in [5, 5.41) is 11.5. The van der Waals surface area contributed by atoms with Crippen LogP contribution in [-0.4, -0.2) is 23.6 Å². The van der Waals surface area contributed by atoms with Crippen molar-refractivity contribution in [1.29, 1.82) is 0 Å². The topological polar surface area (TPSA) is 75.6 Å². The van der Waals surface area contributed by atoms with Crippen molar-refractivity contribution in [3.8, 4) is 5.75 Å². The molecule has 0 heterocycles. The Kier molecular flexibility index (Phi) is 4.78. The number of carbonyl (C=O) groups is 2. The van der Waals surface area contributed by atoms with Crippen LogP contribution in [0.5, 0.6) is 5.75 Å². The third-order valence-electron chi connectivity index (χ3n) is 2.22. The van der Waals surface area contributed by atoms with Crippen LogP contribution >= 0.6 is 11.6 Å². The van der Waals surface area contributed by atoms with Crippen molar-refractivity contribution < 1.29 is 19.4 Å². The Balaban J connectivity index is 2.77. The molecule has 5 nitrogen and oxygen atoms in total. The van der Waals surface area contributed by atoms with Gasteiger partial charge >= 0.3 is 5.97 Å². The van der Waals surface area contributed by atoms with Crippen LogP contribution in [-0.2, 0) is 9.59 Å². The number of amides is 1. The number of carbonyl (C=O) groups excluding carboxylic acids is 1. The number of halogens is 1. The number of carboxylic acids is 1. The largest absolute Gasteiger partial charge is 0.480 e. The van der Waals surface area contributed by atoms with Gasteiger partial charge in [-0.25, -0.2) is 4.79 Å². The molecule has 1 rings (SSSR count). The summed E-state index contributed by atoms with van der Waals surface area (Å²) in [4.78, 5) is 22.2. The molecule has 2 N–H and O–H groups in total. The number of hydrogen-bond donors (Lipinski definition) is 2. The van der Waals surface area contributed by atoms with Crippen LogP contribution in [0.1, 0.15) is 20.8 Å². The van der Waals surface area contributed by atoms with E-state index in [2.05, 4.69) is 5.32 Å². The van der Waals surface area contributed by atoms with E-state index in [1.54, 1.807) is 26.8 Å². The van der Waals surface area contributed by atoms with Crippen LogP contribution in [0.3, 0.4) is 0 Å². The van der Waals surface area contributed by atoms with E-state index in [4.69, 9.17) is 21.4 Å². The Morgan fingerprint density at radius 2 is 2.00 bits per heavy atom. The predicted molar refractivity (Wildman–Crippen MR) is 72.7 cm³/mol. The predicted octanol–water partition coefficient (Wildman–Crippen LogP) is 2.79. The fourth-order valence-electron chi connectivity index (χ4n) is 1.15. The molecule has 0 unspecified atom stereocenters. The Morgan fingerprint density at radius 1 is 1.37 bits per heavy atom. The average Bonchev–Trinajstić information content (AvgIpc) is 2.26.